The number of nitrogens with one attached hydrogen (secondary N) is 2. The number of benzene rings is 1. The lowest BCUT2D eigenvalue weighted by molar-refractivity contribution is -0.123. The van der Waals surface area contributed by atoms with Crippen molar-refractivity contribution in [2.75, 3.05) is 51.6 Å². The second kappa shape index (κ2) is 11.8. The Labute approximate surface area is 171 Å². The quantitative estimate of drug-likeness (QED) is 0.495. The molecule has 2 rings (SSSR count). The van der Waals surface area contributed by atoms with Gasteiger partial charge < -0.3 is 15.5 Å². The average molecular weight is 408 g/mol. The van der Waals surface area contributed by atoms with Crippen molar-refractivity contribution in [3.63, 3.8) is 0 Å². The second-order valence-electron chi connectivity index (χ2n) is 7.08. The molecule has 0 spiro atoms. The molecule has 1 amide bonds. The van der Waals surface area contributed by atoms with Gasteiger partial charge in [0.1, 0.15) is 0 Å². The van der Waals surface area contributed by atoms with Crippen LogP contribution in [0.5, 0.6) is 0 Å². The van der Waals surface area contributed by atoms with E-state index in [2.05, 4.69) is 25.4 Å². The van der Waals surface area contributed by atoms with E-state index in [1.807, 2.05) is 51.1 Å². The third kappa shape index (κ3) is 7.59. The minimum atomic E-state index is -1.03. The summed E-state index contributed by atoms with van der Waals surface area (Å²) in [6.07, 6.45) is 0. The zero-order valence-corrected chi connectivity index (χ0v) is 18.0. The van der Waals surface area contributed by atoms with Crippen molar-refractivity contribution in [2.24, 2.45) is 4.99 Å². The number of piperazine rings is 1. The Balaban J connectivity index is 1.82. The van der Waals surface area contributed by atoms with Gasteiger partial charge in [0.2, 0.25) is 5.91 Å². The van der Waals surface area contributed by atoms with Crippen molar-refractivity contribution in [3.05, 3.63) is 30.3 Å². The van der Waals surface area contributed by atoms with Crippen molar-refractivity contribution >= 4 is 22.7 Å². The number of carbonyl (C=O) groups excluding carboxylic acids is 1. The smallest absolute Gasteiger partial charge is 0.234 e. The Morgan fingerprint density at radius 3 is 2.46 bits per heavy atom. The van der Waals surface area contributed by atoms with Crippen LogP contribution in [0.2, 0.25) is 0 Å². The molecule has 0 aliphatic carbocycles. The van der Waals surface area contributed by atoms with Gasteiger partial charge in [0, 0.05) is 49.4 Å². The van der Waals surface area contributed by atoms with E-state index in [0.717, 1.165) is 43.6 Å². The first kappa shape index (κ1) is 22.4. The van der Waals surface area contributed by atoms with Gasteiger partial charge in [-0.3, -0.25) is 18.9 Å². The van der Waals surface area contributed by atoms with Crippen LogP contribution >= 0.6 is 0 Å². The standard InChI is InChI=1S/C20H33N5O2S/c1-4-21-20(22-10-15-28(27)18-8-6-5-7-9-18)25-13-11-24(12-14-25)16-19(26)23-17(2)3/h5-9,17H,4,10-16H2,1-3H3,(H,21,22)(H,23,26). The van der Waals surface area contributed by atoms with Gasteiger partial charge in [-0.1, -0.05) is 18.2 Å². The number of hydrogen-bond acceptors (Lipinski definition) is 4. The normalized spacial score (nSPS) is 16.9. The van der Waals surface area contributed by atoms with Gasteiger partial charge in [0.25, 0.3) is 0 Å². The monoisotopic (exact) mass is 407 g/mol. The lowest BCUT2D eigenvalue weighted by atomic mass is 10.3. The highest BCUT2D eigenvalue weighted by molar-refractivity contribution is 7.85. The molecule has 8 heteroatoms. The Kier molecular flexibility index (Phi) is 9.43. The van der Waals surface area contributed by atoms with E-state index in [9.17, 15) is 9.00 Å². The Bertz CT molecular complexity index is 658. The van der Waals surface area contributed by atoms with Crippen LogP contribution < -0.4 is 10.6 Å². The molecule has 1 saturated heterocycles. The number of carbonyl (C=O) groups is 1. The molecule has 1 aromatic carbocycles. The van der Waals surface area contributed by atoms with Gasteiger partial charge in [-0.05, 0) is 32.9 Å². The summed E-state index contributed by atoms with van der Waals surface area (Å²) in [5.74, 6) is 1.44. The van der Waals surface area contributed by atoms with Crippen LogP contribution in [0.15, 0.2) is 40.2 Å². The summed E-state index contributed by atoms with van der Waals surface area (Å²) in [6, 6.07) is 9.68. The molecule has 28 heavy (non-hydrogen) atoms. The van der Waals surface area contributed by atoms with Crippen LogP contribution in [-0.4, -0.2) is 83.5 Å². The molecule has 1 heterocycles. The third-order valence-electron chi connectivity index (χ3n) is 4.37. The fourth-order valence-electron chi connectivity index (χ4n) is 3.04. The summed E-state index contributed by atoms with van der Waals surface area (Å²) in [7, 11) is -1.03. The van der Waals surface area contributed by atoms with Crippen LogP contribution in [0, 0.1) is 0 Å². The van der Waals surface area contributed by atoms with Crippen molar-refractivity contribution in [1.29, 1.82) is 0 Å². The number of aliphatic imine (C=N–C) groups is 1. The summed E-state index contributed by atoms with van der Waals surface area (Å²) in [5.41, 5.74) is 0. The SMILES string of the molecule is CCNC(=NCCS(=O)c1ccccc1)N1CCN(CC(=O)NC(C)C)CC1. The Morgan fingerprint density at radius 2 is 1.86 bits per heavy atom. The van der Waals surface area contributed by atoms with E-state index in [-0.39, 0.29) is 11.9 Å². The molecule has 7 nitrogen and oxygen atoms in total. The van der Waals surface area contributed by atoms with Crippen LogP contribution in [0.1, 0.15) is 20.8 Å². The maximum absolute atomic E-state index is 12.3. The molecule has 2 N–H and O–H groups in total. The highest BCUT2D eigenvalue weighted by Crippen LogP contribution is 2.06. The zero-order chi connectivity index (χ0) is 20.4. The predicted octanol–water partition coefficient (Wildman–Crippen LogP) is 0.902. The fourth-order valence-corrected chi connectivity index (χ4v) is 3.99. The molecule has 1 fully saturated rings. The molecular weight excluding hydrogens is 374 g/mol. The second-order valence-corrected chi connectivity index (χ2v) is 8.65. The van der Waals surface area contributed by atoms with Crippen LogP contribution in [0.4, 0.5) is 0 Å². The molecule has 1 atom stereocenters. The number of nitrogens with zero attached hydrogens (tertiary/aromatic N) is 3. The minimum Gasteiger partial charge on any atom is -0.357 e. The van der Waals surface area contributed by atoms with E-state index in [1.54, 1.807) is 0 Å². The van der Waals surface area contributed by atoms with Gasteiger partial charge >= 0.3 is 0 Å². The first-order valence-corrected chi connectivity index (χ1v) is 11.3. The molecule has 0 bridgehead atoms. The number of guanidine groups is 1. The number of rotatable bonds is 8. The topological polar surface area (TPSA) is 77.0 Å². The van der Waals surface area contributed by atoms with Crippen LogP contribution in [-0.2, 0) is 15.6 Å². The summed E-state index contributed by atoms with van der Waals surface area (Å²) in [6.45, 7) is 11.0. The molecule has 1 unspecified atom stereocenters. The Morgan fingerprint density at radius 1 is 1.18 bits per heavy atom. The highest BCUT2D eigenvalue weighted by atomic mass is 32.2. The van der Waals surface area contributed by atoms with E-state index in [4.69, 9.17) is 0 Å². The van der Waals surface area contributed by atoms with Crippen molar-refractivity contribution in [3.8, 4) is 0 Å². The first-order chi connectivity index (χ1) is 13.5. The van der Waals surface area contributed by atoms with Gasteiger partial charge in [-0.15, -0.1) is 0 Å². The molecule has 1 aliphatic heterocycles. The largest absolute Gasteiger partial charge is 0.357 e. The van der Waals surface area contributed by atoms with Crippen molar-refractivity contribution in [2.45, 2.75) is 31.7 Å². The van der Waals surface area contributed by atoms with E-state index < -0.39 is 10.8 Å². The summed E-state index contributed by atoms with van der Waals surface area (Å²) in [4.78, 5) is 21.8. The summed E-state index contributed by atoms with van der Waals surface area (Å²) >= 11 is 0. The summed E-state index contributed by atoms with van der Waals surface area (Å²) in [5, 5.41) is 6.26. The maximum atomic E-state index is 12.3. The fraction of sp³-hybridized carbons (Fsp3) is 0.600. The van der Waals surface area contributed by atoms with E-state index in [1.165, 1.54) is 0 Å². The van der Waals surface area contributed by atoms with Gasteiger partial charge in [0.15, 0.2) is 5.96 Å². The van der Waals surface area contributed by atoms with Gasteiger partial charge in [-0.25, -0.2) is 0 Å². The van der Waals surface area contributed by atoms with E-state index >= 15 is 0 Å². The number of hydrogen-bond donors (Lipinski definition) is 2. The Hall–Kier alpha value is -1.93. The van der Waals surface area contributed by atoms with E-state index in [0.29, 0.717) is 18.8 Å². The maximum Gasteiger partial charge on any atom is 0.234 e. The molecule has 0 saturated carbocycles. The van der Waals surface area contributed by atoms with Crippen molar-refractivity contribution < 1.29 is 9.00 Å². The lowest BCUT2D eigenvalue weighted by Crippen LogP contribution is -2.54. The van der Waals surface area contributed by atoms with Crippen LogP contribution in [0.25, 0.3) is 0 Å². The zero-order valence-electron chi connectivity index (χ0n) is 17.2. The highest BCUT2D eigenvalue weighted by Gasteiger charge is 2.21. The van der Waals surface area contributed by atoms with Crippen LogP contribution in [0.3, 0.4) is 0 Å². The summed E-state index contributed by atoms with van der Waals surface area (Å²) < 4.78 is 12.3. The van der Waals surface area contributed by atoms with Gasteiger partial charge in [0.05, 0.1) is 23.9 Å². The molecular formula is C20H33N5O2S. The molecule has 1 aromatic rings. The lowest BCUT2D eigenvalue weighted by Gasteiger charge is -2.36. The third-order valence-corrected chi connectivity index (χ3v) is 5.72. The van der Waals surface area contributed by atoms with Crippen molar-refractivity contribution in [1.82, 2.24) is 20.4 Å². The van der Waals surface area contributed by atoms with Gasteiger partial charge in [-0.2, -0.15) is 0 Å². The predicted molar refractivity (Wildman–Crippen MR) is 115 cm³/mol. The molecule has 1 aliphatic rings. The molecule has 0 aromatic heterocycles. The number of amides is 1. The minimum absolute atomic E-state index is 0.0763. The average Bonchev–Trinajstić information content (AvgIpc) is 2.68. The molecule has 156 valence electrons. The molecule has 0 radical (unpaired) electrons. The first-order valence-electron chi connectivity index (χ1n) is 9.98.